The lowest BCUT2D eigenvalue weighted by Crippen LogP contribution is -2.20. The second-order valence-corrected chi connectivity index (χ2v) is 5.43. The van der Waals surface area contributed by atoms with Gasteiger partial charge in [-0.1, -0.05) is 6.42 Å². The van der Waals surface area contributed by atoms with Gasteiger partial charge in [0.2, 0.25) is 0 Å². The Labute approximate surface area is 111 Å². The Balaban J connectivity index is 1.88. The van der Waals surface area contributed by atoms with E-state index in [1.807, 2.05) is 12.1 Å². The van der Waals surface area contributed by atoms with Gasteiger partial charge in [-0.15, -0.1) is 0 Å². The van der Waals surface area contributed by atoms with Gasteiger partial charge in [-0.05, 0) is 36.8 Å². The molecule has 5 nitrogen and oxygen atoms in total. The van der Waals surface area contributed by atoms with Gasteiger partial charge in [0.1, 0.15) is 11.6 Å². The van der Waals surface area contributed by atoms with Gasteiger partial charge in [0, 0.05) is 24.8 Å². The normalized spacial score (nSPS) is 25.1. The predicted octanol–water partition coefficient (Wildman–Crippen LogP) is 2.70. The number of nitriles is 1. The Kier molecular flexibility index (Phi) is 2.86. The van der Waals surface area contributed by atoms with Crippen molar-refractivity contribution in [2.75, 3.05) is 18.0 Å². The molecule has 1 saturated carbocycles. The number of nitrogens with zero attached hydrogens (tertiary/aromatic N) is 3. The monoisotopic (exact) mass is 257 g/mol. The molecule has 5 heteroatoms. The number of benzene rings is 1. The summed E-state index contributed by atoms with van der Waals surface area (Å²) in [6.07, 6.45) is 3.87. The Morgan fingerprint density at radius 3 is 2.58 bits per heavy atom. The molecule has 0 aromatic heterocycles. The first kappa shape index (κ1) is 12.0. The molecular weight excluding hydrogens is 242 g/mol. The second-order valence-electron chi connectivity index (χ2n) is 5.43. The molecule has 0 bridgehead atoms. The molecule has 1 heterocycles. The Morgan fingerprint density at radius 1 is 1.32 bits per heavy atom. The average Bonchev–Trinajstić information content (AvgIpc) is 2.98. The van der Waals surface area contributed by atoms with Crippen LogP contribution in [0.4, 0.5) is 11.4 Å². The highest BCUT2D eigenvalue weighted by Gasteiger charge is 2.36. The smallest absolute Gasteiger partial charge is 0.289 e. The molecule has 3 rings (SSSR count). The summed E-state index contributed by atoms with van der Waals surface area (Å²) in [5.41, 5.74) is 0.922. The first-order valence-electron chi connectivity index (χ1n) is 6.62. The van der Waals surface area contributed by atoms with Gasteiger partial charge in [-0.2, -0.15) is 5.26 Å². The molecule has 98 valence electrons. The van der Waals surface area contributed by atoms with E-state index in [0.29, 0.717) is 0 Å². The lowest BCUT2D eigenvalue weighted by Gasteiger charge is -2.19. The third-order valence-electron chi connectivity index (χ3n) is 4.39. The molecule has 0 N–H and O–H groups in total. The maximum absolute atomic E-state index is 11.0. The number of fused-ring (bicyclic) bond motifs is 1. The quantitative estimate of drug-likeness (QED) is 0.603. The molecule has 2 fully saturated rings. The van der Waals surface area contributed by atoms with Crippen molar-refractivity contribution in [2.24, 2.45) is 11.8 Å². The first-order valence-corrected chi connectivity index (χ1v) is 6.62. The van der Waals surface area contributed by atoms with Gasteiger partial charge < -0.3 is 4.90 Å². The van der Waals surface area contributed by atoms with Crippen molar-refractivity contribution in [3.05, 3.63) is 33.9 Å². The predicted molar refractivity (Wildman–Crippen MR) is 70.9 cm³/mol. The summed E-state index contributed by atoms with van der Waals surface area (Å²) in [4.78, 5) is 12.7. The fourth-order valence-electron chi connectivity index (χ4n) is 3.41. The van der Waals surface area contributed by atoms with Gasteiger partial charge in [0.05, 0.1) is 4.92 Å². The summed E-state index contributed by atoms with van der Waals surface area (Å²) in [5, 5.41) is 19.9. The van der Waals surface area contributed by atoms with Crippen LogP contribution in [0.2, 0.25) is 0 Å². The Morgan fingerprint density at radius 2 is 2.00 bits per heavy atom. The maximum Gasteiger partial charge on any atom is 0.289 e. The molecule has 0 radical (unpaired) electrons. The largest absolute Gasteiger partial charge is 0.371 e. The van der Waals surface area contributed by atoms with E-state index in [2.05, 4.69) is 4.90 Å². The molecule has 2 aliphatic rings. The second kappa shape index (κ2) is 4.54. The highest BCUT2D eigenvalue weighted by molar-refractivity contribution is 5.60. The van der Waals surface area contributed by atoms with Crippen LogP contribution in [0.25, 0.3) is 0 Å². The van der Waals surface area contributed by atoms with Crippen molar-refractivity contribution in [1.29, 1.82) is 5.26 Å². The third-order valence-corrected chi connectivity index (χ3v) is 4.39. The zero-order valence-corrected chi connectivity index (χ0v) is 10.6. The SMILES string of the molecule is N#Cc1ccc(N2CC3CCCC3C2)cc1[N+](=O)[O-]. The van der Waals surface area contributed by atoms with Gasteiger partial charge in [0.15, 0.2) is 0 Å². The summed E-state index contributed by atoms with van der Waals surface area (Å²) in [5.74, 6) is 1.49. The molecule has 1 aliphatic heterocycles. The minimum Gasteiger partial charge on any atom is -0.371 e. The molecule has 0 amide bonds. The molecule has 1 aliphatic carbocycles. The zero-order chi connectivity index (χ0) is 13.4. The van der Waals surface area contributed by atoms with E-state index < -0.39 is 4.92 Å². The number of hydrogen-bond donors (Lipinski definition) is 0. The lowest BCUT2D eigenvalue weighted by molar-refractivity contribution is -0.385. The van der Waals surface area contributed by atoms with Crippen molar-refractivity contribution in [2.45, 2.75) is 19.3 Å². The van der Waals surface area contributed by atoms with Crippen LogP contribution < -0.4 is 4.90 Å². The van der Waals surface area contributed by atoms with Crippen LogP contribution in [-0.2, 0) is 0 Å². The summed E-state index contributed by atoms with van der Waals surface area (Å²) in [6, 6.07) is 6.80. The third kappa shape index (κ3) is 2.03. The molecule has 0 spiro atoms. The highest BCUT2D eigenvalue weighted by atomic mass is 16.6. The van der Waals surface area contributed by atoms with E-state index in [1.165, 1.54) is 19.3 Å². The van der Waals surface area contributed by atoms with Crippen molar-refractivity contribution in [3.63, 3.8) is 0 Å². The molecule has 2 atom stereocenters. The highest BCUT2D eigenvalue weighted by Crippen LogP contribution is 2.40. The fourth-order valence-corrected chi connectivity index (χ4v) is 3.41. The van der Waals surface area contributed by atoms with Gasteiger partial charge >= 0.3 is 0 Å². The summed E-state index contributed by atoms with van der Waals surface area (Å²) < 4.78 is 0. The molecule has 1 saturated heterocycles. The topological polar surface area (TPSA) is 70.2 Å². The molecular formula is C14H15N3O2. The van der Waals surface area contributed by atoms with Crippen LogP contribution >= 0.6 is 0 Å². The van der Waals surface area contributed by atoms with E-state index in [-0.39, 0.29) is 11.3 Å². The van der Waals surface area contributed by atoms with Gasteiger partial charge in [0.25, 0.3) is 5.69 Å². The fraction of sp³-hybridized carbons (Fsp3) is 0.500. The van der Waals surface area contributed by atoms with Crippen LogP contribution in [0, 0.1) is 33.3 Å². The van der Waals surface area contributed by atoms with Crippen molar-refractivity contribution < 1.29 is 4.92 Å². The minimum atomic E-state index is -0.473. The molecule has 2 unspecified atom stereocenters. The van der Waals surface area contributed by atoms with Crippen LogP contribution in [0.3, 0.4) is 0 Å². The van der Waals surface area contributed by atoms with Gasteiger partial charge in [-0.3, -0.25) is 10.1 Å². The molecule has 1 aromatic rings. The minimum absolute atomic E-state index is 0.0861. The van der Waals surface area contributed by atoms with Crippen LogP contribution in [-0.4, -0.2) is 18.0 Å². The van der Waals surface area contributed by atoms with E-state index >= 15 is 0 Å². The zero-order valence-electron chi connectivity index (χ0n) is 10.6. The van der Waals surface area contributed by atoms with E-state index in [9.17, 15) is 10.1 Å². The summed E-state index contributed by atoms with van der Waals surface area (Å²) >= 11 is 0. The summed E-state index contributed by atoms with van der Waals surface area (Å²) in [6.45, 7) is 1.99. The van der Waals surface area contributed by atoms with Crippen LogP contribution in [0.15, 0.2) is 18.2 Å². The van der Waals surface area contributed by atoms with E-state index in [0.717, 1.165) is 30.6 Å². The number of nitro benzene ring substituents is 1. The number of hydrogen-bond acceptors (Lipinski definition) is 4. The van der Waals surface area contributed by atoms with Crippen LogP contribution in [0.1, 0.15) is 24.8 Å². The van der Waals surface area contributed by atoms with Gasteiger partial charge in [-0.25, -0.2) is 0 Å². The number of rotatable bonds is 2. The maximum atomic E-state index is 11.0. The number of anilines is 1. The Hall–Kier alpha value is -2.09. The van der Waals surface area contributed by atoms with Crippen molar-refractivity contribution in [1.82, 2.24) is 0 Å². The number of nitro groups is 1. The first-order chi connectivity index (χ1) is 9.19. The van der Waals surface area contributed by atoms with Crippen LogP contribution in [0.5, 0.6) is 0 Å². The molecule has 19 heavy (non-hydrogen) atoms. The van der Waals surface area contributed by atoms with Crippen molar-refractivity contribution >= 4 is 11.4 Å². The van der Waals surface area contributed by atoms with E-state index in [4.69, 9.17) is 5.26 Å². The van der Waals surface area contributed by atoms with E-state index in [1.54, 1.807) is 12.1 Å². The summed E-state index contributed by atoms with van der Waals surface area (Å²) in [7, 11) is 0. The standard InChI is InChI=1S/C14H15N3O2/c15-7-10-4-5-13(6-14(10)17(18)19)16-8-11-2-1-3-12(11)9-16/h4-6,11-12H,1-3,8-9H2. The average molecular weight is 257 g/mol. The Bertz CT molecular complexity index is 552. The molecule has 1 aromatic carbocycles. The van der Waals surface area contributed by atoms with Crippen molar-refractivity contribution in [3.8, 4) is 6.07 Å². The lowest BCUT2D eigenvalue weighted by atomic mass is 10.0.